The highest BCUT2D eigenvalue weighted by Crippen LogP contribution is 2.23. The molecule has 2 unspecified atom stereocenters. The van der Waals surface area contributed by atoms with Crippen LogP contribution in [-0.2, 0) is 7.05 Å². The van der Waals surface area contributed by atoms with Crippen LogP contribution >= 0.6 is 0 Å². The third-order valence-corrected chi connectivity index (χ3v) is 6.34. The fourth-order valence-electron chi connectivity index (χ4n) is 4.45. The van der Waals surface area contributed by atoms with Gasteiger partial charge in [0.1, 0.15) is 11.4 Å². The van der Waals surface area contributed by atoms with Gasteiger partial charge in [0.05, 0.1) is 17.4 Å². The molecule has 1 aromatic carbocycles. The van der Waals surface area contributed by atoms with Crippen molar-refractivity contribution >= 4 is 17.4 Å². The van der Waals surface area contributed by atoms with Crippen LogP contribution in [0.5, 0.6) is 0 Å². The van der Waals surface area contributed by atoms with Crippen LogP contribution in [-0.4, -0.2) is 60.7 Å². The van der Waals surface area contributed by atoms with Crippen molar-refractivity contribution in [2.24, 2.45) is 13.0 Å². The van der Waals surface area contributed by atoms with E-state index in [2.05, 4.69) is 15.4 Å². The van der Waals surface area contributed by atoms with Gasteiger partial charge < -0.3 is 15.3 Å². The second-order valence-electron chi connectivity index (χ2n) is 8.29. The number of rotatable bonds is 5. The highest BCUT2D eigenvalue weighted by molar-refractivity contribution is 5.95. The first-order chi connectivity index (χ1) is 16.0. The lowest BCUT2D eigenvalue weighted by molar-refractivity contribution is 0.0920. The van der Waals surface area contributed by atoms with E-state index in [4.69, 9.17) is 0 Å². The first-order valence-corrected chi connectivity index (χ1v) is 10.8. The number of aliphatic hydroxyl groups excluding tert-OH is 1. The Morgan fingerprint density at radius 2 is 1.97 bits per heavy atom. The molecule has 0 aliphatic carbocycles. The Morgan fingerprint density at radius 1 is 1.18 bits per heavy atom. The van der Waals surface area contributed by atoms with Gasteiger partial charge in [0.2, 0.25) is 0 Å². The van der Waals surface area contributed by atoms with Crippen LogP contribution in [0.3, 0.4) is 0 Å². The van der Waals surface area contributed by atoms with Crippen molar-refractivity contribution < 1.29 is 9.90 Å². The van der Waals surface area contributed by atoms with Crippen molar-refractivity contribution in [2.75, 3.05) is 24.6 Å². The summed E-state index contributed by atoms with van der Waals surface area (Å²) in [5.74, 6) is 0.110. The van der Waals surface area contributed by atoms with Crippen LogP contribution in [0.4, 0.5) is 5.82 Å². The van der Waals surface area contributed by atoms with E-state index >= 15 is 0 Å². The lowest BCUT2D eigenvalue weighted by Gasteiger charge is -2.18. The standard InChI is InChI=1S/C23H25N7O3/c1-15-21(23(33)30(27(15)2)17-6-4-3-5-7-17)22(32)25-18-13-28(12-16(18)14-31)20-9-8-19-24-10-11-29(19)26-20/h3-11,16,18,31H,12-14H2,1-2H3,(H,25,32). The van der Waals surface area contributed by atoms with Crippen molar-refractivity contribution in [1.29, 1.82) is 0 Å². The number of hydrogen-bond acceptors (Lipinski definition) is 6. The number of carbonyl (C=O) groups is 1. The molecule has 1 saturated heterocycles. The Morgan fingerprint density at radius 3 is 2.73 bits per heavy atom. The Hall–Kier alpha value is -3.92. The number of carbonyl (C=O) groups excluding carboxylic acids is 1. The summed E-state index contributed by atoms with van der Waals surface area (Å²) < 4.78 is 4.86. The van der Waals surface area contributed by atoms with Crippen molar-refractivity contribution in [1.82, 2.24) is 29.3 Å². The number of aromatic nitrogens is 5. The van der Waals surface area contributed by atoms with Gasteiger partial charge in [-0.05, 0) is 31.2 Å². The average molecular weight is 447 g/mol. The minimum atomic E-state index is -0.439. The number of nitrogens with zero attached hydrogens (tertiary/aromatic N) is 6. The summed E-state index contributed by atoms with van der Waals surface area (Å²) >= 11 is 0. The molecule has 10 heteroatoms. The van der Waals surface area contributed by atoms with E-state index in [9.17, 15) is 14.7 Å². The number of nitrogens with one attached hydrogen (secondary N) is 1. The zero-order valence-corrected chi connectivity index (χ0v) is 18.4. The van der Waals surface area contributed by atoms with Crippen molar-refractivity contribution in [3.8, 4) is 5.69 Å². The molecule has 10 nitrogen and oxygen atoms in total. The van der Waals surface area contributed by atoms with Crippen LogP contribution < -0.4 is 15.8 Å². The zero-order valence-electron chi connectivity index (χ0n) is 18.4. The van der Waals surface area contributed by atoms with Gasteiger partial charge in [0.25, 0.3) is 11.5 Å². The van der Waals surface area contributed by atoms with Gasteiger partial charge in [-0.15, -0.1) is 5.10 Å². The third-order valence-electron chi connectivity index (χ3n) is 6.34. The van der Waals surface area contributed by atoms with Gasteiger partial charge in [0, 0.05) is 45.1 Å². The molecule has 2 N–H and O–H groups in total. The number of imidazole rings is 1. The summed E-state index contributed by atoms with van der Waals surface area (Å²) in [4.78, 5) is 32.6. The van der Waals surface area contributed by atoms with E-state index in [1.807, 2.05) is 47.4 Å². The molecule has 0 radical (unpaired) electrons. The van der Waals surface area contributed by atoms with Crippen molar-refractivity contribution in [2.45, 2.75) is 13.0 Å². The number of aliphatic hydroxyl groups is 1. The molecular formula is C23H25N7O3. The molecule has 2 atom stereocenters. The van der Waals surface area contributed by atoms with E-state index in [0.717, 1.165) is 11.5 Å². The van der Waals surface area contributed by atoms with Crippen LogP contribution in [0.15, 0.2) is 59.7 Å². The summed E-state index contributed by atoms with van der Waals surface area (Å²) in [5.41, 5.74) is 1.74. The molecule has 0 bridgehead atoms. The van der Waals surface area contributed by atoms with Crippen LogP contribution in [0.2, 0.25) is 0 Å². The summed E-state index contributed by atoms with van der Waals surface area (Å²) in [6, 6.07) is 12.6. The minimum Gasteiger partial charge on any atom is -0.396 e. The van der Waals surface area contributed by atoms with Gasteiger partial charge in [-0.3, -0.25) is 14.3 Å². The summed E-state index contributed by atoms with van der Waals surface area (Å²) in [6.45, 7) is 2.68. The Kier molecular flexibility index (Phi) is 5.21. The molecule has 1 amide bonds. The van der Waals surface area contributed by atoms with Crippen LogP contribution in [0.1, 0.15) is 16.1 Å². The van der Waals surface area contributed by atoms with Crippen LogP contribution in [0.25, 0.3) is 11.3 Å². The Bertz CT molecular complexity index is 1370. The Balaban J connectivity index is 1.40. The summed E-state index contributed by atoms with van der Waals surface area (Å²) in [7, 11) is 1.76. The smallest absolute Gasteiger partial charge is 0.284 e. The first-order valence-electron chi connectivity index (χ1n) is 10.8. The normalized spacial score (nSPS) is 18.2. The molecule has 1 aliphatic heterocycles. The molecule has 0 spiro atoms. The van der Waals surface area contributed by atoms with Gasteiger partial charge >= 0.3 is 0 Å². The molecule has 3 aromatic heterocycles. The lowest BCUT2D eigenvalue weighted by atomic mass is 10.0. The van der Waals surface area contributed by atoms with Crippen molar-refractivity contribution in [3.05, 3.63) is 76.5 Å². The number of anilines is 1. The second-order valence-corrected chi connectivity index (χ2v) is 8.29. The summed E-state index contributed by atoms with van der Waals surface area (Å²) in [6.07, 6.45) is 3.45. The molecule has 4 aromatic rings. The summed E-state index contributed by atoms with van der Waals surface area (Å²) in [5, 5.41) is 17.5. The largest absolute Gasteiger partial charge is 0.396 e. The lowest BCUT2D eigenvalue weighted by Crippen LogP contribution is -2.43. The van der Waals surface area contributed by atoms with E-state index in [0.29, 0.717) is 24.5 Å². The van der Waals surface area contributed by atoms with E-state index in [1.165, 1.54) is 4.68 Å². The monoisotopic (exact) mass is 447 g/mol. The number of fused-ring (bicyclic) bond motifs is 1. The first kappa shape index (κ1) is 21.0. The quantitative estimate of drug-likeness (QED) is 0.467. The molecular weight excluding hydrogens is 422 g/mol. The van der Waals surface area contributed by atoms with E-state index in [1.54, 1.807) is 35.6 Å². The molecule has 4 heterocycles. The molecule has 5 rings (SSSR count). The maximum Gasteiger partial charge on any atom is 0.284 e. The number of para-hydroxylation sites is 1. The maximum absolute atomic E-state index is 13.2. The average Bonchev–Trinajstić information content (AvgIpc) is 3.50. The highest BCUT2D eigenvalue weighted by atomic mass is 16.3. The van der Waals surface area contributed by atoms with Gasteiger partial charge in [0.15, 0.2) is 5.65 Å². The zero-order chi connectivity index (χ0) is 23.1. The number of benzene rings is 1. The van der Waals surface area contributed by atoms with Gasteiger partial charge in [-0.25, -0.2) is 14.2 Å². The third kappa shape index (κ3) is 3.58. The number of hydrogen-bond donors (Lipinski definition) is 2. The fourth-order valence-corrected chi connectivity index (χ4v) is 4.45. The molecule has 0 saturated carbocycles. The second kappa shape index (κ2) is 8.21. The predicted octanol–water partition coefficient (Wildman–Crippen LogP) is 0.754. The van der Waals surface area contributed by atoms with Crippen molar-refractivity contribution in [3.63, 3.8) is 0 Å². The molecule has 33 heavy (non-hydrogen) atoms. The Labute approximate surface area is 189 Å². The van der Waals surface area contributed by atoms with E-state index in [-0.39, 0.29) is 29.7 Å². The fraction of sp³-hybridized carbons (Fsp3) is 0.304. The predicted molar refractivity (Wildman–Crippen MR) is 123 cm³/mol. The molecule has 170 valence electrons. The van der Waals surface area contributed by atoms with Gasteiger partial charge in [-0.1, -0.05) is 18.2 Å². The highest BCUT2D eigenvalue weighted by Gasteiger charge is 2.35. The molecule has 1 aliphatic rings. The number of amides is 1. The SMILES string of the molecule is Cc1c(C(=O)NC2CN(c3ccc4nccn4n3)CC2CO)c(=O)n(-c2ccccc2)n1C. The van der Waals surface area contributed by atoms with E-state index < -0.39 is 5.91 Å². The molecule has 1 fully saturated rings. The van der Waals surface area contributed by atoms with Crippen LogP contribution in [0, 0.1) is 12.8 Å². The minimum absolute atomic E-state index is 0.0865. The van der Waals surface area contributed by atoms with Gasteiger partial charge in [-0.2, -0.15) is 0 Å². The maximum atomic E-state index is 13.2. The topological polar surface area (TPSA) is 110 Å².